The Morgan fingerprint density at radius 2 is 2.13 bits per heavy atom. The highest BCUT2D eigenvalue weighted by atomic mass is 35.5. The van der Waals surface area contributed by atoms with Crippen LogP contribution in [-0.2, 0) is 0 Å². The molecular weight excluding hydrogens is 321 g/mol. The van der Waals surface area contributed by atoms with Crippen LogP contribution in [0.3, 0.4) is 0 Å². The number of hydrogen-bond donors (Lipinski definition) is 2. The third kappa shape index (κ3) is 4.40. The van der Waals surface area contributed by atoms with E-state index < -0.39 is 11.9 Å². The lowest BCUT2D eigenvalue weighted by Gasteiger charge is -2.14. The van der Waals surface area contributed by atoms with Gasteiger partial charge in [0.1, 0.15) is 11.6 Å². The van der Waals surface area contributed by atoms with Crippen LogP contribution in [0.5, 0.6) is 0 Å². The van der Waals surface area contributed by atoms with Gasteiger partial charge in [-0.1, -0.05) is 17.7 Å². The van der Waals surface area contributed by atoms with Crippen LogP contribution in [0.1, 0.15) is 22.0 Å². The summed E-state index contributed by atoms with van der Waals surface area (Å²) in [5, 5.41) is 12.6. The number of aliphatic hydroxyl groups is 1. The maximum atomic E-state index is 13.4. The molecule has 2 aromatic rings. The monoisotopic (exact) mass is 337 g/mol. The number of halogens is 2. The van der Waals surface area contributed by atoms with E-state index in [0.717, 1.165) is 11.9 Å². The van der Waals surface area contributed by atoms with Gasteiger partial charge in [0.25, 0.3) is 5.91 Å². The molecule has 0 saturated carbocycles. The van der Waals surface area contributed by atoms with E-state index in [9.17, 15) is 14.3 Å². The van der Waals surface area contributed by atoms with E-state index in [4.69, 9.17) is 11.6 Å². The number of anilines is 1. The number of amides is 1. The van der Waals surface area contributed by atoms with Crippen molar-refractivity contribution < 1.29 is 14.3 Å². The van der Waals surface area contributed by atoms with E-state index in [-0.39, 0.29) is 17.5 Å². The summed E-state index contributed by atoms with van der Waals surface area (Å²) in [6.07, 6.45) is 0.429. The molecule has 0 aliphatic rings. The highest BCUT2D eigenvalue weighted by molar-refractivity contribution is 6.30. The number of aliphatic hydroxyl groups excluding tert-OH is 1. The van der Waals surface area contributed by atoms with Gasteiger partial charge < -0.3 is 15.3 Å². The molecule has 0 fully saturated rings. The molecule has 1 aromatic heterocycles. The second-order valence-corrected chi connectivity index (χ2v) is 5.61. The zero-order valence-corrected chi connectivity index (χ0v) is 13.5. The molecule has 1 aromatic carbocycles. The Hall–Kier alpha value is -2.18. The van der Waals surface area contributed by atoms with Crippen LogP contribution in [0.25, 0.3) is 0 Å². The maximum absolute atomic E-state index is 13.4. The average Bonchev–Trinajstić information content (AvgIpc) is 2.54. The van der Waals surface area contributed by atoms with Crippen LogP contribution in [-0.4, -0.2) is 36.6 Å². The van der Waals surface area contributed by atoms with Crippen molar-refractivity contribution in [2.75, 3.05) is 25.5 Å². The summed E-state index contributed by atoms with van der Waals surface area (Å²) in [7, 11) is 3.70. The van der Waals surface area contributed by atoms with Crippen molar-refractivity contribution in [3.05, 3.63) is 58.5 Å². The summed E-state index contributed by atoms with van der Waals surface area (Å²) in [6, 6.07) is 7.38. The molecular formula is C16H17ClFN3O2. The number of pyridine rings is 1. The van der Waals surface area contributed by atoms with E-state index >= 15 is 0 Å². The number of hydrogen-bond acceptors (Lipinski definition) is 4. The van der Waals surface area contributed by atoms with Crippen molar-refractivity contribution in [3.8, 4) is 0 Å². The van der Waals surface area contributed by atoms with E-state index in [1.807, 2.05) is 19.0 Å². The van der Waals surface area contributed by atoms with Gasteiger partial charge in [-0.25, -0.2) is 9.37 Å². The lowest BCUT2D eigenvalue weighted by molar-refractivity contribution is 0.0916. The molecule has 0 aliphatic heterocycles. The molecule has 7 heteroatoms. The van der Waals surface area contributed by atoms with E-state index in [1.54, 1.807) is 12.1 Å². The van der Waals surface area contributed by atoms with Crippen molar-refractivity contribution in [3.63, 3.8) is 0 Å². The smallest absolute Gasteiger partial charge is 0.252 e. The Bertz CT molecular complexity index is 692. The quantitative estimate of drug-likeness (QED) is 0.879. The second kappa shape index (κ2) is 7.39. The number of carbonyl (C=O) groups is 1. The Kier molecular flexibility index (Phi) is 5.52. The fourth-order valence-electron chi connectivity index (χ4n) is 1.91. The van der Waals surface area contributed by atoms with E-state index in [2.05, 4.69) is 10.3 Å². The molecule has 1 heterocycles. The normalized spacial score (nSPS) is 11.9. The fourth-order valence-corrected chi connectivity index (χ4v) is 2.03. The molecule has 1 atom stereocenters. The lowest BCUT2D eigenvalue weighted by atomic mass is 10.1. The van der Waals surface area contributed by atoms with Crippen LogP contribution >= 0.6 is 11.6 Å². The Labute approximate surface area is 138 Å². The zero-order chi connectivity index (χ0) is 17.0. The second-order valence-electron chi connectivity index (χ2n) is 5.20. The van der Waals surface area contributed by atoms with Crippen LogP contribution in [0.15, 0.2) is 36.5 Å². The summed E-state index contributed by atoms with van der Waals surface area (Å²) in [4.78, 5) is 18.0. The highest BCUT2D eigenvalue weighted by Gasteiger charge is 2.13. The standard InChI is InChI=1S/C16H17ClFN3O2/c1-21(2)15-6-4-11(8-19-15)16(23)20-9-14(22)10-3-5-12(17)13(18)7-10/h3-8,14,22H,9H2,1-2H3,(H,20,23). The van der Waals surface area contributed by atoms with Crippen LogP contribution < -0.4 is 10.2 Å². The van der Waals surface area contributed by atoms with Gasteiger partial charge in [0.15, 0.2) is 0 Å². The molecule has 0 radical (unpaired) electrons. The summed E-state index contributed by atoms with van der Waals surface area (Å²) in [6.45, 7) is -0.0463. The molecule has 0 bridgehead atoms. The summed E-state index contributed by atoms with van der Waals surface area (Å²) >= 11 is 5.59. The largest absolute Gasteiger partial charge is 0.387 e. The van der Waals surface area contributed by atoms with Gasteiger partial charge in [-0.3, -0.25) is 4.79 Å². The first-order valence-corrected chi connectivity index (χ1v) is 7.31. The average molecular weight is 338 g/mol. The summed E-state index contributed by atoms with van der Waals surface area (Å²) in [5.74, 6) is -0.243. The van der Waals surface area contributed by atoms with Crippen molar-refractivity contribution >= 4 is 23.3 Å². The van der Waals surface area contributed by atoms with Crippen molar-refractivity contribution in [2.24, 2.45) is 0 Å². The first-order chi connectivity index (χ1) is 10.9. The van der Waals surface area contributed by atoms with Crippen LogP contribution in [0.2, 0.25) is 5.02 Å². The number of benzene rings is 1. The molecule has 1 unspecified atom stereocenters. The predicted octanol–water partition coefficient (Wildman–Crippen LogP) is 2.40. The molecule has 1 amide bonds. The number of aromatic nitrogens is 1. The Morgan fingerprint density at radius 1 is 1.39 bits per heavy atom. The Balaban J connectivity index is 1.96. The molecule has 2 rings (SSSR count). The van der Waals surface area contributed by atoms with E-state index in [1.165, 1.54) is 18.3 Å². The number of nitrogens with zero attached hydrogens (tertiary/aromatic N) is 2. The first-order valence-electron chi connectivity index (χ1n) is 6.93. The van der Waals surface area contributed by atoms with Gasteiger partial charge in [-0.05, 0) is 29.8 Å². The summed E-state index contributed by atoms with van der Waals surface area (Å²) < 4.78 is 13.4. The third-order valence-corrected chi connectivity index (χ3v) is 3.56. The van der Waals surface area contributed by atoms with Crippen molar-refractivity contribution in [2.45, 2.75) is 6.10 Å². The van der Waals surface area contributed by atoms with Crippen LogP contribution in [0, 0.1) is 5.82 Å². The van der Waals surface area contributed by atoms with Gasteiger partial charge in [0, 0.05) is 26.8 Å². The van der Waals surface area contributed by atoms with Crippen LogP contribution in [0.4, 0.5) is 10.2 Å². The molecule has 5 nitrogen and oxygen atoms in total. The van der Waals surface area contributed by atoms with Gasteiger partial charge in [-0.2, -0.15) is 0 Å². The Morgan fingerprint density at radius 3 is 2.70 bits per heavy atom. The molecule has 2 N–H and O–H groups in total. The SMILES string of the molecule is CN(C)c1ccc(C(=O)NCC(O)c2ccc(Cl)c(F)c2)cn1. The topological polar surface area (TPSA) is 65.5 Å². The molecule has 23 heavy (non-hydrogen) atoms. The lowest BCUT2D eigenvalue weighted by Crippen LogP contribution is -2.28. The van der Waals surface area contributed by atoms with Gasteiger partial charge in [0.05, 0.1) is 16.7 Å². The first kappa shape index (κ1) is 17.2. The zero-order valence-electron chi connectivity index (χ0n) is 12.8. The minimum absolute atomic E-state index is 0.0166. The maximum Gasteiger partial charge on any atom is 0.252 e. The molecule has 0 aliphatic carbocycles. The van der Waals surface area contributed by atoms with Gasteiger partial charge >= 0.3 is 0 Å². The third-order valence-electron chi connectivity index (χ3n) is 3.25. The number of nitrogens with one attached hydrogen (secondary N) is 1. The molecule has 122 valence electrons. The minimum atomic E-state index is -1.03. The fraction of sp³-hybridized carbons (Fsp3) is 0.250. The number of rotatable bonds is 5. The van der Waals surface area contributed by atoms with Gasteiger partial charge in [0.2, 0.25) is 0 Å². The van der Waals surface area contributed by atoms with Crippen molar-refractivity contribution in [1.29, 1.82) is 0 Å². The highest BCUT2D eigenvalue weighted by Crippen LogP contribution is 2.20. The summed E-state index contributed by atoms with van der Waals surface area (Å²) in [5.41, 5.74) is 0.721. The van der Waals surface area contributed by atoms with E-state index in [0.29, 0.717) is 11.1 Å². The predicted molar refractivity (Wildman–Crippen MR) is 87.3 cm³/mol. The number of carbonyl (C=O) groups excluding carboxylic acids is 1. The van der Waals surface area contributed by atoms with Gasteiger partial charge in [-0.15, -0.1) is 0 Å². The molecule has 0 spiro atoms. The van der Waals surface area contributed by atoms with Crippen molar-refractivity contribution in [1.82, 2.24) is 10.3 Å². The minimum Gasteiger partial charge on any atom is -0.387 e. The molecule has 0 saturated heterocycles.